The number of ether oxygens (including phenoxy) is 3. The number of anilines is 1. The number of hydrogen-bond donors (Lipinski definition) is 1. The quantitative estimate of drug-likeness (QED) is 0.740. The van der Waals surface area contributed by atoms with E-state index in [1.165, 1.54) is 7.11 Å². The number of amides is 2. The van der Waals surface area contributed by atoms with E-state index in [1.807, 2.05) is 0 Å². The summed E-state index contributed by atoms with van der Waals surface area (Å²) in [7, 11) is 4.92. The molecule has 1 N–H and O–H groups in total. The van der Waals surface area contributed by atoms with Crippen LogP contribution in [-0.2, 0) is 14.3 Å². The third kappa shape index (κ3) is 6.92. The molecule has 1 aliphatic heterocycles. The van der Waals surface area contributed by atoms with E-state index in [4.69, 9.17) is 14.2 Å². The van der Waals surface area contributed by atoms with Gasteiger partial charge in [0.2, 0.25) is 5.91 Å². The van der Waals surface area contributed by atoms with Crippen molar-refractivity contribution in [3.8, 4) is 5.75 Å². The molecule has 0 spiro atoms. The fourth-order valence-electron chi connectivity index (χ4n) is 3.86. The maximum Gasteiger partial charge on any atom is 0.257 e. The molecular formula is C23H37N3O5. The molecule has 0 fully saturated rings. The van der Waals surface area contributed by atoms with E-state index in [0.717, 1.165) is 19.5 Å². The summed E-state index contributed by atoms with van der Waals surface area (Å²) >= 11 is 0. The van der Waals surface area contributed by atoms with Crippen molar-refractivity contribution in [2.75, 3.05) is 59.4 Å². The molecule has 0 saturated heterocycles. The first-order valence-electron chi connectivity index (χ1n) is 10.9. The highest BCUT2D eigenvalue weighted by Gasteiger charge is 2.28. The third-order valence-corrected chi connectivity index (χ3v) is 5.64. The normalized spacial score (nSPS) is 23.4. The molecule has 1 aliphatic rings. The van der Waals surface area contributed by atoms with Gasteiger partial charge >= 0.3 is 0 Å². The Balaban J connectivity index is 2.38. The summed E-state index contributed by atoms with van der Waals surface area (Å²) in [4.78, 5) is 29.3. The topological polar surface area (TPSA) is 80.3 Å². The molecule has 3 atom stereocenters. The number of methoxy groups -OCH3 is 2. The van der Waals surface area contributed by atoms with E-state index >= 15 is 0 Å². The number of likely N-dealkylation sites (N-methyl/N-ethyl adjacent to an activating group) is 1. The van der Waals surface area contributed by atoms with Crippen LogP contribution in [0.2, 0.25) is 0 Å². The molecule has 0 bridgehead atoms. The van der Waals surface area contributed by atoms with Gasteiger partial charge in [-0.3, -0.25) is 14.5 Å². The standard InChI is InChI=1S/C23H37N3O5/c1-7-10-26-12-16(2)21(30-6)13-25(4)23(28)19-11-18(24-22(27)15-29-5)8-9-20(19)31-14-17(26)3/h8-9,11,16-17,21H,7,10,12-15H2,1-6H3,(H,24,27)/t16-,17-,21+/m0/s1. The van der Waals surface area contributed by atoms with Crippen LogP contribution in [0.1, 0.15) is 37.6 Å². The van der Waals surface area contributed by atoms with Gasteiger partial charge in [-0.15, -0.1) is 0 Å². The number of nitrogens with zero attached hydrogens (tertiary/aromatic N) is 2. The third-order valence-electron chi connectivity index (χ3n) is 5.64. The summed E-state index contributed by atoms with van der Waals surface area (Å²) < 4.78 is 16.7. The summed E-state index contributed by atoms with van der Waals surface area (Å²) in [5, 5.41) is 2.75. The summed E-state index contributed by atoms with van der Waals surface area (Å²) in [5.74, 6) is 0.292. The van der Waals surface area contributed by atoms with Crippen LogP contribution in [0.3, 0.4) is 0 Å². The van der Waals surface area contributed by atoms with Gasteiger partial charge in [-0.1, -0.05) is 13.8 Å². The molecule has 1 aromatic rings. The van der Waals surface area contributed by atoms with Gasteiger partial charge in [-0.2, -0.15) is 0 Å². The molecular weight excluding hydrogens is 398 g/mol. The number of rotatable bonds is 6. The van der Waals surface area contributed by atoms with Crippen LogP contribution in [-0.4, -0.2) is 87.9 Å². The van der Waals surface area contributed by atoms with Crippen LogP contribution in [0.25, 0.3) is 0 Å². The second kappa shape index (κ2) is 12.0. The molecule has 0 aliphatic carbocycles. The monoisotopic (exact) mass is 435 g/mol. The van der Waals surface area contributed by atoms with Gasteiger partial charge in [0.25, 0.3) is 5.91 Å². The SMILES string of the molecule is CCCN1C[C@H](C)[C@H](OC)CN(C)C(=O)c2cc(NC(=O)COC)ccc2OC[C@@H]1C. The molecule has 0 unspecified atom stereocenters. The Bertz CT molecular complexity index is 742. The van der Waals surface area contributed by atoms with Crippen LogP contribution in [0.4, 0.5) is 5.69 Å². The van der Waals surface area contributed by atoms with Crippen molar-refractivity contribution in [3.05, 3.63) is 23.8 Å². The minimum atomic E-state index is -0.283. The lowest BCUT2D eigenvalue weighted by Gasteiger charge is -2.35. The lowest BCUT2D eigenvalue weighted by Crippen LogP contribution is -2.46. The first-order valence-corrected chi connectivity index (χ1v) is 10.9. The van der Waals surface area contributed by atoms with Gasteiger partial charge in [0.15, 0.2) is 0 Å². The largest absolute Gasteiger partial charge is 0.491 e. The summed E-state index contributed by atoms with van der Waals surface area (Å²) in [6, 6.07) is 5.32. The predicted octanol–water partition coefficient (Wildman–Crippen LogP) is 2.49. The smallest absolute Gasteiger partial charge is 0.257 e. The molecule has 0 saturated carbocycles. The van der Waals surface area contributed by atoms with Crippen LogP contribution in [0, 0.1) is 5.92 Å². The van der Waals surface area contributed by atoms with Gasteiger partial charge in [-0.25, -0.2) is 0 Å². The lowest BCUT2D eigenvalue weighted by molar-refractivity contribution is -0.119. The fourth-order valence-corrected chi connectivity index (χ4v) is 3.86. The Labute approximate surface area is 185 Å². The number of nitrogens with one attached hydrogen (secondary N) is 1. The first kappa shape index (κ1) is 25.1. The fraction of sp³-hybridized carbons (Fsp3) is 0.652. The summed E-state index contributed by atoms with van der Waals surface area (Å²) in [5.41, 5.74) is 0.936. The van der Waals surface area contributed by atoms with Crippen molar-refractivity contribution < 1.29 is 23.8 Å². The molecule has 0 aromatic heterocycles. The Kier molecular flexibility index (Phi) is 9.74. The number of carbonyl (C=O) groups is 2. The highest BCUT2D eigenvalue weighted by Crippen LogP contribution is 2.26. The molecule has 2 amide bonds. The number of benzene rings is 1. The molecule has 2 rings (SSSR count). The van der Waals surface area contributed by atoms with Crippen molar-refractivity contribution >= 4 is 17.5 Å². The van der Waals surface area contributed by atoms with Crippen molar-refractivity contribution in [2.45, 2.75) is 39.3 Å². The number of fused-ring (bicyclic) bond motifs is 1. The molecule has 1 heterocycles. The number of carbonyl (C=O) groups excluding carboxylic acids is 2. The highest BCUT2D eigenvalue weighted by atomic mass is 16.5. The molecule has 8 nitrogen and oxygen atoms in total. The molecule has 8 heteroatoms. The molecule has 31 heavy (non-hydrogen) atoms. The average Bonchev–Trinajstić information content (AvgIpc) is 2.74. The lowest BCUT2D eigenvalue weighted by atomic mass is 10.0. The van der Waals surface area contributed by atoms with Gasteiger partial charge in [0.1, 0.15) is 19.0 Å². The second-order valence-electron chi connectivity index (χ2n) is 8.28. The zero-order valence-corrected chi connectivity index (χ0v) is 19.6. The summed E-state index contributed by atoms with van der Waals surface area (Å²) in [6.07, 6.45) is 0.961. The molecule has 0 radical (unpaired) electrons. The van der Waals surface area contributed by atoms with E-state index in [0.29, 0.717) is 30.2 Å². The van der Waals surface area contributed by atoms with Crippen molar-refractivity contribution in [2.24, 2.45) is 5.92 Å². The minimum Gasteiger partial charge on any atom is -0.491 e. The summed E-state index contributed by atoms with van der Waals surface area (Å²) in [6.45, 7) is 9.18. The van der Waals surface area contributed by atoms with Gasteiger partial charge in [0, 0.05) is 46.1 Å². The molecule has 174 valence electrons. The molecule has 1 aromatic carbocycles. The zero-order valence-electron chi connectivity index (χ0n) is 19.6. The second-order valence-corrected chi connectivity index (χ2v) is 8.28. The van der Waals surface area contributed by atoms with Crippen LogP contribution < -0.4 is 10.1 Å². The first-order chi connectivity index (χ1) is 14.8. The Morgan fingerprint density at radius 1 is 1.26 bits per heavy atom. The zero-order chi connectivity index (χ0) is 23.0. The van der Waals surface area contributed by atoms with Crippen LogP contribution >= 0.6 is 0 Å². The van der Waals surface area contributed by atoms with E-state index < -0.39 is 0 Å². The van der Waals surface area contributed by atoms with Gasteiger partial charge in [-0.05, 0) is 44.0 Å². The van der Waals surface area contributed by atoms with E-state index in [1.54, 1.807) is 37.3 Å². The van der Waals surface area contributed by atoms with E-state index in [2.05, 4.69) is 31.0 Å². The van der Waals surface area contributed by atoms with E-state index in [-0.39, 0.29) is 36.5 Å². The average molecular weight is 436 g/mol. The van der Waals surface area contributed by atoms with Gasteiger partial charge in [0.05, 0.1) is 11.7 Å². The van der Waals surface area contributed by atoms with Crippen LogP contribution in [0.15, 0.2) is 18.2 Å². The Morgan fingerprint density at radius 2 is 2.00 bits per heavy atom. The van der Waals surface area contributed by atoms with Gasteiger partial charge < -0.3 is 24.4 Å². The Hall–Kier alpha value is -2.16. The van der Waals surface area contributed by atoms with Crippen molar-refractivity contribution in [1.29, 1.82) is 0 Å². The van der Waals surface area contributed by atoms with E-state index in [9.17, 15) is 9.59 Å². The number of hydrogen-bond acceptors (Lipinski definition) is 6. The highest BCUT2D eigenvalue weighted by molar-refractivity contribution is 5.99. The van der Waals surface area contributed by atoms with Crippen molar-refractivity contribution in [1.82, 2.24) is 9.80 Å². The minimum absolute atomic E-state index is 0.0559. The van der Waals surface area contributed by atoms with Crippen LogP contribution in [0.5, 0.6) is 5.75 Å². The van der Waals surface area contributed by atoms with Crippen molar-refractivity contribution in [3.63, 3.8) is 0 Å². The predicted molar refractivity (Wildman–Crippen MR) is 121 cm³/mol. The maximum atomic E-state index is 13.3. The Morgan fingerprint density at radius 3 is 2.65 bits per heavy atom. The maximum absolute atomic E-state index is 13.3.